The van der Waals surface area contributed by atoms with Crippen molar-refractivity contribution in [2.24, 2.45) is 0 Å². The van der Waals surface area contributed by atoms with E-state index in [4.69, 9.17) is 23.2 Å². The normalized spacial score (nSPS) is 16.9. The standard InChI is InChI=1S/C18H20Cl2N2O2S/c1-14-4-2-3-5-15(14)13-21-8-10-22(11-9-21)25(23,24)16-6-7-17(19)18(20)12-16/h2-7,12H,8-11,13H2,1H3. The second kappa shape index (κ2) is 7.64. The maximum absolute atomic E-state index is 12.8. The summed E-state index contributed by atoms with van der Waals surface area (Å²) in [6, 6.07) is 12.7. The van der Waals surface area contributed by atoms with Crippen molar-refractivity contribution in [1.29, 1.82) is 0 Å². The molecule has 1 saturated heterocycles. The minimum absolute atomic E-state index is 0.189. The molecule has 4 nitrogen and oxygen atoms in total. The van der Waals surface area contributed by atoms with Gasteiger partial charge in [-0.3, -0.25) is 4.90 Å². The van der Waals surface area contributed by atoms with Crippen LogP contribution in [-0.2, 0) is 16.6 Å². The second-order valence-corrected chi connectivity index (χ2v) is 8.93. The van der Waals surface area contributed by atoms with Gasteiger partial charge >= 0.3 is 0 Å². The van der Waals surface area contributed by atoms with Gasteiger partial charge in [0.25, 0.3) is 0 Å². The molecule has 0 aromatic heterocycles. The van der Waals surface area contributed by atoms with Gasteiger partial charge in [0.2, 0.25) is 10.0 Å². The average molecular weight is 399 g/mol. The van der Waals surface area contributed by atoms with E-state index in [0.717, 1.165) is 6.54 Å². The van der Waals surface area contributed by atoms with E-state index in [2.05, 4.69) is 24.0 Å². The van der Waals surface area contributed by atoms with Crippen molar-refractivity contribution in [3.05, 3.63) is 63.6 Å². The summed E-state index contributed by atoms with van der Waals surface area (Å²) >= 11 is 11.8. The Hall–Kier alpha value is -1.11. The zero-order valence-electron chi connectivity index (χ0n) is 14.0. The van der Waals surface area contributed by atoms with Crippen LogP contribution in [0.5, 0.6) is 0 Å². The molecule has 0 aliphatic carbocycles. The molecule has 1 aliphatic rings. The van der Waals surface area contributed by atoms with Gasteiger partial charge in [0.1, 0.15) is 0 Å². The van der Waals surface area contributed by atoms with Gasteiger partial charge in [-0.15, -0.1) is 0 Å². The smallest absolute Gasteiger partial charge is 0.243 e. The highest BCUT2D eigenvalue weighted by molar-refractivity contribution is 7.89. The van der Waals surface area contributed by atoms with Gasteiger partial charge in [-0.1, -0.05) is 47.5 Å². The molecule has 2 aromatic rings. The Morgan fingerprint density at radius 1 is 0.960 bits per heavy atom. The van der Waals surface area contributed by atoms with Crippen LogP contribution in [0.25, 0.3) is 0 Å². The number of hydrogen-bond acceptors (Lipinski definition) is 3. The van der Waals surface area contributed by atoms with Gasteiger partial charge in [-0.2, -0.15) is 4.31 Å². The first-order valence-electron chi connectivity index (χ1n) is 8.10. The summed E-state index contributed by atoms with van der Waals surface area (Å²) in [5, 5.41) is 0.601. The van der Waals surface area contributed by atoms with Crippen molar-refractivity contribution in [2.75, 3.05) is 26.2 Å². The molecular weight excluding hydrogens is 379 g/mol. The molecule has 3 rings (SSSR count). The molecule has 1 heterocycles. The van der Waals surface area contributed by atoms with E-state index in [1.807, 2.05) is 12.1 Å². The van der Waals surface area contributed by atoms with E-state index >= 15 is 0 Å². The van der Waals surface area contributed by atoms with Crippen LogP contribution in [0.3, 0.4) is 0 Å². The lowest BCUT2D eigenvalue weighted by Crippen LogP contribution is -2.48. The Kier molecular flexibility index (Phi) is 5.71. The molecular formula is C18H20Cl2N2O2S. The molecule has 0 unspecified atom stereocenters. The predicted octanol–water partition coefficient (Wildman–Crippen LogP) is 3.81. The van der Waals surface area contributed by atoms with E-state index in [-0.39, 0.29) is 9.92 Å². The predicted molar refractivity (Wildman–Crippen MR) is 102 cm³/mol. The molecule has 1 fully saturated rings. The van der Waals surface area contributed by atoms with Crippen LogP contribution in [0.1, 0.15) is 11.1 Å². The lowest BCUT2D eigenvalue weighted by atomic mass is 10.1. The lowest BCUT2D eigenvalue weighted by Gasteiger charge is -2.34. The Labute approximate surface area is 159 Å². The summed E-state index contributed by atoms with van der Waals surface area (Å²) in [5.41, 5.74) is 2.54. The molecule has 0 bridgehead atoms. The molecule has 0 N–H and O–H groups in total. The molecule has 25 heavy (non-hydrogen) atoms. The maximum atomic E-state index is 12.8. The number of sulfonamides is 1. The molecule has 0 amide bonds. The maximum Gasteiger partial charge on any atom is 0.243 e. The molecule has 0 radical (unpaired) electrons. The van der Waals surface area contributed by atoms with E-state index in [1.165, 1.54) is 33.6 Å². The summed E-state index contributed by atoms with van der Waals surface area (Å²) in [6.07, 6.45) is 0. The van der Waals surface area contributed by atoms with Crippen molar-refractivity contribution in [3.63, 3.8) is 0 Å². The summed E-state index contributed by atoms with van der Waals surface area (Å²) in [5.74, 6) is 0. The number of benzene rings is 2. The molecule has 0 spiro atoms. The monoisotopic (exact) mass is 398 g/mol. The quantitative estimate of drug-likeness (QED) is 0.785. The van der Waals surface area contributed by atoms with Gasteiger partial charge in [-0.25, -0.2) is 8.42 Å². The first kappa shape index (κ1) is 18.7. The average Bonchev–Trinajstić information content (AvgIpc) is 2.60. The Bertz CT molecular complexity index is 863. The zero-order valence-corrected chi connectivity index (χ0v) is 16.3. The minimum Gasteiger partial charge on any atom is -0.296 e. The number of piperazine rings is 1. The second-order valence-electron chi connectivity index (χ2n) is 6.18. The van der Waals surface area contributed by atoms with Crippen LogP contribution >= 0.6 is 23.2 Å². The summed E-state index contributed by atoms with van der Waals surface area (Å²) < 4.78 is 27.1. The third-order valence-corrected chi connectivity index (χ3v) is 7.15. The molecule has 7 heteroatoms. The van der Waals surface area contributed by atoms with Crippen molar-refractivity contribution >= 4 is 33.2 Å². The number of aryl methyl sites for hydroxylation is 1. The van der Waals surface area contributed by atoms with E-state index in [1.54, 1.807) is 0 Å². The van der Waals surface area contributed by atoms with Gasteiger partial charge in [-0.05, 0) is 36.2 Å². The van der Waals surface area contributed by atoms with E-state index in [0.29, 0.717) is 31.2 Å². The van der Waals surface area contributed by atoms with Crippen LogP contribution in [-0.4, -0.2) is 43.8 Å². The highest BCUT2D eigenvalue weighted by Crippen LogP contribution is 2.27. The van der Waals surface area contributed by atoms with Crippen LogP contribution in [0.4, 0.5) is 0 Å². The highest BCUT2D eigenvalue weighted by Gasteiger charge is 2.28. The summed E-state index contributed by atoms with van der Waals surface area (Å²) in [4.78, 5) is 2.47. The molecule has 1 aliphatic heterocycles. The minimum atomic E-state index is -3.54. The molecule has 0 atom stereocenters. The zero-order chi connectivity index (χ0) is 18.0. The van der Waals surface area contributed by atoms with E-state index in [9.17, 15) is 8.42 Å². The first-order valence-corrected chi connectivity index (χ1v) is 10.3. The summed E-state index contributed by atoms with van der Waals surface area (Å²) in [6.45, 7) is 5.28. The Morgan fingerprint density at radius 3 is 2.28 bits per heavy atom. The fourth-order valence-electron chi connectivity index (χ4n) is 2.94. The van der Waals surface area contributed by atoms with Crippen molar-refractivity contribution in [2.45, 2.75) is 18.4 Å². The molecule has 134 valence electrons. The largest absolute Gasteiger partial charge is 0.296 e. The van der Waals surface area contributed by atoms with Crippen LogP contribution in [0.2, 0.25) is 10.0 Å². The van der Waals surface area contributed by atoms with Crippen LogP contribution < -0.4 is 0 Å². The number of hydrogen-bond donors (Lipinski definition) is 0. The fraction of sp³-hybridized carbons (Fsp3) is 0.333. The van der Waals surface area contributed by atoms with Crippen molar-refractivity contribution in [1.82, 2.24) is 9.21 Å². The van der Waals surface area contributed by atoms with Crippen molar-refractivity contribution < 1.29 is 8.42 Å². The number of rotatable bonds is 4. The highest BCUT2D eigenvalue weighted by atomic mass is 35.5. The number of halogens is 2. The summed E-state index contributed by atoms with van der Waals surface area (Å²) in [7, 11) is -3.54. The molecule has 2 aromatic carbocycles. The van der Waals surface area contributed by atoms with Gasteiger partial charge < -0.3 is 0 Å². The number of nitrogens with zero attached hydrogens (tertiary/aromatic N) is 2. The van der Waals surface area contributed by atoms with E-state index < -0.39 is 10.0 Å². The fourth-order valence-corrected chi connectivity index (χ4v) is 4.75. The van der Waals surface area contributed by atoms with Gasteiger partial charge in [0.15, 0.2) is 0 Å². The topological polar surface area (TPSA) is 40.6 Å². The SMILES string of the molecule is Cc1ccccc1CN1CCN(S(=O)(=O)c2ccc(Cl)c(Cl)c2)CC1. The Balaban J connectivity index is 1.67. The van der Waals surface area contributed by atoms with Crippen LogP contribution in [0, 0.1) is 6.92 Å². The third-order valence-electron chi connectivity index (χ3n) is 4.52. The molecule has 0 saturated carbocycles. The van der Waals surface area contributed by atoms with Crippen LogP contribution in [0.15, 0.2) is 47.4 Å². The third kappa shape index (κ3) is 4.18. The first-order chi connectivity index (χ1) is 11.9. The van der Waals surface area contributed by atoms with Gasteiger partial charge in [0.05, 0.1) is 14.9 Å². The lowest BCUT2D eigenvalue weighted by molar-refractivity contribution is 0.181. The van der Waals surface area contributed by atoms with Gasteiger partial charge in [0, 0.05) is 32.7 Å². The Morgan fingerprint density at radius 2 is 1.64 bits per heavy atom. The van der Waals surface area contributed by atoms with Crippen molar-refractivity contribution in [3.8, 4) is 0 Å².